The Bertz CT molecular complexity index is 2310. The van der Waals surface area contributed by atoms with Crippen LogP contribution in [-0.2, 0) is 6.42 Å². The summed E-state index contributed by atoms with van der Waals surface area (Å²) in [5.74, 6) is 0.366. The van der Waals surface area contributed by atoms with Crippen molar-refractivity contribution in [3.8, 4) is 44.5 Å². The molecular formula is C50H37N. The molecule has 9 rings (SSSR count). The van der Waals surface area contributed by atoms with Gasteiger partial charge in [0, 0.05) is 23.0 Å². The van der Waals surface area contributed by atoms with E-state index >= 15 is 0 Å². The zero-order valence-electron chi connectivity index (χ0n) is 28.4. The molecule has 0 bridgehead atoms. The Morgan fingerprint density at radius 3 is 1.24 bits per heavy atom. The predicted octanol–water partition coefficient (Wildman–Crippen LogP) is 13.5. The highest BCUT2D eigenvalue weighted by atomic mass is 15.1. The second-order valence-electron chi connectivity index (χ2n) is 13.3. The van der Waals surface area contributed by atoms with Crippen molar-refractivity contribution in [2.75, 3.05) is 4.90 Å². The molecule has 1 aliphatic carbocycles. The highest BCUT2D eigenvalue weighted by Gasteiger charge is 2.28. The van der Waals surface area contributed by atoms with Gasteiger partial charge in [0.05, 0.1) is 0 Å². The molecule has 1 unspecified atom stereocenters. The van der Waals surface area contributed by atoms with Gasteiger partial charge in [-0.15, -0.1) is 0 Å². The van der Waals surface area contributed by atoms with E-state index in [9.17, 15) is 0 Å². The minimum absolute atomic E-state index is 0.366. The summed E-state index contributed by atoms with van der Waals surface area (Å²) >= 11 is 0. The van der Waals surface area contributed by atoms with Gasteiger partial charge >= 0.3 is 0 Å². The number of benzene rings is 8. The first-order valence-electron chi connectivity index (χ1n) is 17.8. The van der Waals surface area contributed by atoms with E-state index < -0.39 is 0 Å². The van der Waals surface area contributed by atoms with Crippen LogP contribution >= 0.6 is 0 Å². The van der Waals surface area contributed by atoms with Crippen LogP contribution in [0, 0.1) is 0 Å². The lowest BCUT2D eigenvalue weighted by molar-refractivity contribution is 0.827. The average molecular weight is 652 g/mol. The molecule has 1 atom stereocenters. The van der Waals surface area contributed by atoms with Gasteiger partial charge in [-0.05, 0) is 110 Å². The van der Waals surface area contributed by atoms with E-state index in [1.54, 1.807) is 0 Å². The molecule has 0 fully saturated rings. The first kappa shape index (κ1) is 30.6. The molecule has 0 saturated heterocycles. The van der Waals surface area contributed by atoms with Gasteiger partial charge in [-0.25, -0.2) is 0 Å². The molecule has 8 aromatic carbocycles. The lowest BCUT2D eigenvalue weighted by atomic mass is 9.89. The molecule has 8 aromatic rings. The maximum atomic E-state index is 2.40. The molecule has 242 valence electrons. The highest BCUT2D eigenvalue weighted by molar-refractivity contribution is 5.85. The van der Waals surface area contributed by atoms with Crippen LogP contribution in [0.15, 0.2) is 206 Å². The summed E-state index contributed by atoms with van der Waals surface area (Å²) in [6.07, 6.45) is 1.01. The molecule has 0 saturated carbocycles. The fraction of sp³-hybridized carbons (Fsp3) is 0.0400. The lowest BCUT2D eigenvalue weighted by Crippen LogP contribution is -2.09. The highest BCUT2D eigenvalue weighted by Crippen LogP contribution is 2.47. The summed E-state index contributed by atoms with van der Waals surface area (Å²) in [5, 5.41) is 0. The minimum atomic E-state index is 0.366. The van der Waals surface area contributed by atoms with Crippen LogP contribution in [0.4, 0.5) is 17.1 Å². The van der Waals surface area contributed by atoms with Crippen LogP contribution in [0.3, 0.4) is 0 Å². The minimum Gasteiger partial charge on any atom is -0.311 e. The summed E-state index contributed by atoms with van der Waals surface area (Å²) in [6, 6.07) is 74.9. The third kappa shape index (κ3) is 6.05. The quantitative estimate of drug-likeness (QED) is 0.158. The molecule has 0 spiro atoms. The van der Waals surface area contributed by atoms with Crippen LogP contribution in [0.25, 0.3) is 44.5 Å². The number of rotatable bonds is 8. The number of fused-ring (bicyclic) bond motifs is 3. The third-order valence-electron chi connectivity index (χ3n) is 10.3. The maximum Gasteiger partial charge on any atom is 0.0462 e. The smallest absolute Gasteiger partial charge is 0.0462 e. The van der Waals surface area contributed by atoms with E-state index in [-0.39, 0.29) is 0 Å². The molecule has 0 radical (unpaired) electrons. The van der Waals surface area contributed by atoms with Crippen molar-refractivity contribution >= 4 is 17.1 Å². The molecule has 1 aliphatic rings. The van der Waals surface area contributed by atoms with Crippen LogP contribution in [0.1, 0.15) is 22.6 Å². The number of nitrogens with zero attached hydrogens (tertiary/aromatic N) is 1. The van der Waals surface area contributed by atoms with Gasteiger partial charge in [-0.3, -0.25) is 0 Å². The second kappa shape index (κ2) is 13.5. The number of hydrogen-bond acceptors (Lipinski definition) is 1. The van der Waals surface area contributed by atoms with Crippen molar-refractivity contribution in [3.05, 3.63) is 223 Å². The standard InChI is InChI=1S/C50H37N/c1-4-12-36(13-5-1)34-49-46-18-10-11-19-47(46)50-35-42(26-33-48(49)50)41-24-31-45(32-25-41)51(43-27-20-39(21-28-43)37-14-6-2-7-15-37)44-29-22-40(23-30-44)38-16-8-3-9-17-38/h1-33,35,49H,34H2. The van der Waals surface area contributed by atoms with Crippen LogP contribution < -0.4 is 4.90 Å². The predicted molar refractivity (Wildman–Crippen MR) is 215 cm³/mol. The fourth-order valence-corrected chi connectivity index (χ4v) is 7.67. The zero-order valence-corrected chi connectivity index (χ0v) is 28.4. The monoisotopic (exact) mass is 651 g/mol. The van der Waals surface area contributed by atoms with Crippen molar-refractivity contribution in [2.45, 2.75) is 12.3 Å². The van der Waals surface area contributed by atoms with E-state index in [4.69, 9.17) is 0 Å². The Balaban J connectivity index is 1.06. The van der Waals surface area contributed by atoms with Gasteiger partial charge in [0.25, 0.3) is 0 Å². The van der Waals surface area contributed by atoms with E-state index in [2.05, 4.69) is 211 Å². The summed E-state index contributed by atoms with van der Waals surface area (Å²) in [6.45, 7) is 0. The molecule has 51 heavy (non-hydrogen) atoms. The summed E-state index contributed by atoms with van der Waals surface area (Å²) in [7, 11) is 0. The summed E-state index contributed by atoms with van der Waals surface area (Å²) in [5.41, 5.74) is 17.6. The van der Waals surface area contributed by atoms with Crippen LogP contribution in [0.5, 0.6) is 0 Å². The van der Waals surface area contributed by atoms with E-state index in [1.165, 1.54) is 61.2 Å². The molecular weight excluding hydrogens is 615 g/mol. The molecule has 0 amide bonds. The van der Waals surface area contributed by atoms with Crippen molar-refractivity contribution in [1.82, 2.24) is 0 Å². The number of anilines is 3. The third-order valence-corrected chi connectivity index (χ3v) is 10.3. The molecule has 1 nitrogen and oxygen atoms in total. The Kier molecular flexibility index (Phi) is 8.08. The fourth-order valence-electron chi connectivity index (χ4n) is 7.67. The summed E-state index contributed by atoms with van der Waals surface area (Å²) < 4.78 is 0. The Morgan fingerprint density at radius 2 is 0.706 bits per heavy atom. The van der Waals surface area contributed by atoms with Crippen LogP contribution in [0.2, 0.25) is 0 Å². The zero-order chi connectivity index (χ0) is 34.0. The van der Waals surface area contributed by atoms with Gasteiger partial charge in [0.15, 0.2) is 0 Å². The molecule has 0 heterocycles. The molecule has 0 aromatic heterocycles. The van der Waals surface area contributed by atoms with Crippen molar-refractivity contribution < 1.29 is 0 Å². The number of hydrogen-bond donors (Lipinski definition) is 0. The first-order valence-corrected chi connectivity index (χ1v) is 17.8. The lowest BCUT2D eigenvalue weighted by Gasteiger charge is -2.26. The molecule has 0 N–H and O–H groups in total. The summed E-state index contributed by atoms with van der Waals surface area (Å²) in [4.78, 5) is 2.35. The Labute approximate surface area is 300 Å². The normalized spacial score (nSPS) is 13.0. The van der Waals surface area contributed by atoms with Crippen molar-refractivity contribution in [1.29, 1.82) is 0 Å². The van der Waals surface area contributed by atoms with Gasteiger partial charge in [-0.1, -0.05) is 164 Å². The van der Waals surface area contributed by atoms with Gasteiger partial charge < -0.3 is 4.90 Å². The Hall–Kier alpha value is -6.44. The van der Waals surface area contributed by atoms with Crippen molar-refractivity contribution in [3.63, 3.8) is 0 Å². The van der Waals surface area contributed by atoms with E-state index in [0.717, 1.165) is 23.5 Å². The van der Waals surface area contributed by atoms with Crippen molar-refractivity contribution in [2.24, 2.45) is 0 Å². The van der Waals surface area contributed by atoms with Gasteiger partial charge in [-0.2, -0.15) is 0 Å². The molecule has 1 heteroatoms. The molecule has 0 aliphatic heterocycles. The van der Waals surface area contributed by atoms with E-state index in [1.807, 2.05) is 0 Å². The largest absolute Gasteiger partial charge is 0.311 e. The van der Waals surface area contributed by atoms with Gasteiger partial charge in [0.2, 0.25) is 0 Å². The first-order chi connectivity index (χ1) is 25.3. The Morgan fingerprint density at radius 1 is 0.314 bits per heavy atom. The SMILES string of the molecule is c1ccc(CC2c3ccccc3-c3cc(-c4ccc(N(c5ccc(-c6ccccc6)cc5)c5ccc(-c6ccccc6)cc5)cc4)ccc32)cc1. The van der Waals surface area contributed by atoms with Gasteiger partial charge in [0.1, 0.15) is 0 Å². The average Bonchev–Trinajstić information content (AvgIpc) is 3.52. The maximum absolute atomic E-state index is 2.40. The van der Waals surface area contributed by atoms with E-state index in [0.29, 0.717) is 5.92 Å². The second-order valence-corrected chi connectivity index (χ2v) is 13.3. The topological polar surface area (TPSA) is 3.24 Å². The van der Waals surface area contributed by atoms with Crippen LogP contribution in [-0.4, -0.2) is 0 Å².